The highest BCUT2D eigenvalue weighted by atomic mass is 32.2. The van der Waals surface area contributed by atoms with Gasteiger partial charge in [0.2, 0.25) is 0 Å². The van der Waals surface area contributed by atoms with Gasteiger partial charge in [-0.05, 0) is 17.7 Å². The lowest BCUT2D eigenvalue weighted by Gasteiger charge is -2.16. The maximum absolute atomic E-state index is 11.2. The molecule has 90 valence electrons. The van der Waals surface area contributed by atoms with E-state index in [9.17, 15) is 13.5 Å². The molecule has 0 aliphatic heterocycles. The van der Waals surface area contributed by atoms with E-state index in [1.54, 1.807) is 19.1 Å². The van der Waals surface area contributed by atoms with Crippen LogP contribution in [0.2, 0.25) is 0 Å². The van der Waals surface area contributed by atoms with Crippen molar-refractivity contribution in [2.24, 2.45) is 5.92 Å². The molecule has 0 aliphatic carbocycles. The number of aliphatic hydroxyl groups excluding tert-OH is 2. The average molecular weight is 244 g/mol. The molecule has 4 nitrogen and oxygen atoms in total. The predicted molar refractivity (Wildman–Crippen MR) is 60.8 cm³/mol. The normalized spacial score (nSPS) is 15.8. The molecule has 2 atom stereocenters. The molecule has 1 aromatic rings. The molecular formula is C11H16O4S. The lowest BCUT2D eigenvalue weighted by atomic mass is 9.98. The van der Waals surface area contributed by atoms with Crippen molar-refractivity contribution >= 4 is 9.84 Å². The van der Waals surface area contributed by atoms with Gasteiger partial charge in [-0.25, -0.2) is 8.42 Å². The molecule has 0 saturated carbocycles. The Morgan fingerprint density at radius 1 is 1.25 bits per heavy atom. The van der Waals surface area contributed by atoms with Crippen molar-refractivity contribution in [1.29, 1.82) is 0 Å². The van der Waals surface area contributed by atoms with E-state index in [1.807, 2.05) is 0 Å². The molecule has 5 heteroatoms. The van der Waals surface area contributed by atoms with Crippen LogP contribution < -0.4 is 0 Å². The Kier molecular flexibility index (Phi) is 4.07. The Morgan fingerprint density at radius 2 is 1.75 bits per heavy atom. The van der Waals surface area contributed by atoms with Gasteiger partial charge in [-0.1, -0.05) is 19.1 Å². The molecule has 0 amide bonds. The number of hydrogen-bond acceptors (Lipinski definition) is 4. The zero-order chi connectivity index (χ0) is 12.3. The molecule has 16 heavy (non-hydrogen) atoms. The fourth-order valence-corrected chi connectivity index (χ4v) is 1.97. The second-order valence-corrected chi connectivity index (χ2v) is 5.96. The van der Waals surface area contributed by atoms with Crippen molar-refractivity contribution in [2.45, 2.75) is 17.9 Å². The summed E-state index contributed by atoms with van der Waals surface area (Å²) in [4.78, 5) is 0.222. The average Bonchev–Trinajstić information content (AvgIpc) is 2.26. The van der Waals surface area contributed by atoms with Gasteiger partial charge in [0.05, 0.1) is 11.0 Å². The number of hydrogen-bond donors (Lipinski definition) is 2. The third-order valence-corrected chi connectivity index (χ3v) is 3.61. The summed E-state index contributed by atoms with van der Waals surface area (Å²) in [6.45, 7) is 1.60. The lowest BCUT2D eigenvalue weighted by Crippen LogP contribution is -2.13. The van der Waals surface area contributed by atoms with Crippen molar-refractivity contribution in [2.75, 3.05) is 12.9 Å². The summed E-state index contributed by atoms with van der Waals surface area (Å²) in [5, 5.41) is 18.7. The van der Waals surface area contributed by atoms with Crippen LogP contribution in [-0.4, -0.2) is 31.5 Å². The van der Waals surface area contributed by atoms with Crippen molar-refractivity contribution in [3.8, 4) is 0 Å². The minimum Gasteiger partial charge on any atom is -0.396 e. The quantitative estimate of drug-likeness (QED) is 0.819. The number of benzene rings is 1. The highest BCUT2D eigenvalue weighted by molar-refractivity contribution is 7.90. The highest BCUT2D eigenvalue weighted by Crippen LogP contribution is 2.22. The Hall–Kier alpha value is -0.910. The summed E-state index contributed by atoms with van der Waals surface area (Å²) in [6.07, 6.45) is 0.355. The minimum atomic E-state index is -3.20. The fourth-order valence-electron chi connectivity index (χ4n) is 1.34. The smallest absolute Gasteiger partial charge is 0.175 e. The molecule has 0 radical (unpaired) electrons. The minimum absolute atomic E-state index is 0.116. The van der Waals surface area contributed by atoms with Gasteiger partial charge < -0.3 is 10.2 Å². The van der Waals surface area contributed by atoms with Gasteiger partial charge in [0, 0.05) is 18.8 Å². The van der Waals surface area contributed by atoms with E-state index in [4.69, 9.17) is 5.11 Å². The summed E-state index contributed by atoms with van der Waals surface area (Å²) in [7, 11) is -3.20. The molecule has 2 N–H and O–H groups in total. The fraction of sp³-hybridized carbons (Fsp3) is 0.455. The van der Waals surface area contributed by atoms with Crippen LogP contribution in [0.15, 0.2) is 29.2 Å². The van der Waals surface area contributed by atoms with Crippen LogP contribution >= 0.6 is 0 Å². The van der Waals surface area contributed by atoms with Gasteiger partial charge in [0.1, 0.15) is 0 Å². The van der Waals surface area contributed by atoms with Crippen LogP contribution in [0.3, 0.4) is 0 Å². The van der Waals surface area contributed by atoms with Gasteiger partial charge in [-0.15, -0.1) is 0 Å². The first-order chi connectivity index (χ1) is 7.36. The molecule has 0 saturated heterocycles. The number of sulfone groups is 1. The second kappa shape index (κ2) is 4.95. The summed E-state index contributed by atoms with van der Waals surface area (Å²) < 4.78 is 22.4. The van der Waals surface area contributed by atoms with Crippen molar-refractivity contribution in [3.05, 3.63) is 29.8 Å². The van der Waals surface area contributed by atoms with E-state index in [1.165, 1.54) is 12.1 Å². The monoisotopic (exact) mass is 244 g/mol. The maximum Gasteiger partial charge on any atom is 0.175 e. The molecule has 1 aromatic carbocycles. The first-order valence-electron chi connectivity index (χ1n) is 4.95. The Morgan fingerprint density at radius 3 is 2.12 bits per heavy atom. The molecule has 1 rings (SSSR count). The van der Waals surface area contributed by atoms with Crippen LogP contribution in [0.1, 0.15) is 18.6 Å². The first-order valence-corrected chi connectivity index (χ1v) is 6.84. The zero-order valence-electron chi connectivity index (χ0n) is 9.29. The molecule has 0 aliphatic rings. The summed E-state index contributed by atoms with van der Waals surface area (Å²) in [6, 6.07) is 6.04. The van der Waals surface area contributed by atoms with E-state index in [0.717, 1.165) is 6.26 Å². The molecule has 0 fully saturated rings. The van der Waals surface area contributed by atoms with Crippen molar-refractivity contribution < 1.29 is 18.6 Å². The SMILES string of the molecule is C[C@@H](CO)[C@@H](O)c1ccc(S(C)(=O)=O)cc1. The topological polar surface area (TPSA) is 74.6 Å². The first kappa shape index (κ1) is 13.2. The highest BCUT2D eigenvalue weighted by Gasteiger charge is 2.16. The van der Waals surface area contributed by atoms with Crippen molar-refractivity contribution in [1.82, 2.24) is 0 Å². The third-order valence-electron chi connectivity index (χ3n) is 2.48. The molecular weight excluding hydrogens is 228 g/mol. The summed E-state index contributed by atoms with van der Waals surface area (Å²) in [5.41, 5.74) is 0.606. The van der Waals surface area contributed by atoms with E-state index < -0.39 is 15.9 Å². The van der Waals surface area contributed by atoms with E-state index in [0.29, 0.717) is 5.56 Å². The number of aliphatic hydroxyl groups is 2. The molecule has 0 unspecified atom stereocenters. The predicted octanol–water partition coefficient (Wildman–Crippen LogP) is 0.752. The Labute approximate surface area is 95.5 Å². The molecule has 0 aromatic heterocycles. The molecule has 0 heterocycles. The lowest BCUT2D eigenvalue weighted by molar-refractivity contribution is 0.0770. The maximum atomic E-state index is 11.2. The largest absolute Gasteiger partial charge is 0.396 e. The molecule has 0 bridgehead atoms. The summed E-state index contributed by atoms with van der Waals surface area (Å²) in [5.74, 6) is -0.274. The van der Waals surface area contributed by atoms with Gasteiger partial charge in [-0.3, -0.25) is 0 Å². The summed E-state index contributed by atoms with van der Waals surface area (Å²) >= 11 is 0. The van der Waals surface area contributed by atoms with Gasteiger partial charge in [0.15, 0.2) is 9.84 Å². The third kappa shape index (κ3) is 3.04. The Bertz CT molecular complexity index is 436. The van der Waals surface area contributed by atoms with Crippen LogP contribution in [0.25, 0.3) is 0 Å². The second-order valence-electron chi connectivity index (χ2n) is 3.95. The zero-order valence-corrected chi connectivity index (χ0v) is 10.1. The molecule has 0 spiro atoms. The van der Waals surface area contributed by atoms with Crippen LogP contribution in [0.4, 0.5) is 0 Å². The van der Waals surface area contributed by atoms with Gasteiger partial charge >= 0.3 is 0 Å². The Balaban J connectivity index is 2.96. The van der Waals surface area contributed by atoms with Crippen molar-refractivity contribution in [3.63, 3.8) is 0 Å². The van der Waals surface area contributed by atoms with E-state index in [2.05, 4.69) is 0 Å². The van der Waals surface area contributed by atoms with Gasteiger partial charge in [0.25, 0.3) is 0 Å². The van der Waals surface area contributed by atoms with Gasteiger partial charge in [-0.2, -0.15) is 0 Å². The standard InChI is InChI=1S/C11H16O4S/c1-8(7-12)11(13)9-3-5-10(6-4-9)16(2,14)15/h3-6,8,11-13H,7H2,1-2H3/t8-,11+/m0/s1. The number of rotatable bonds is 4. The van der Waals surface area contributed by atoms with E-state index >= 15 is 0 Å². The van der Waals surface area contributed by atoms with E-state index in [-0.39, 0.29) is 17.4 Å². The van der Waals surface area contributed by atoms with Crippen LogP contribution in [0.5, 0.6) is 0 Å². The van der Waals surface area contributed by atoms with Crippen LogP contribution in [-0.2, 0) is 9.84 Å². The van der Waals surface area contributed by atoms with Crippen LogP contribution in [0, 0.1) is 5.92 Å².